The Morgan fingerprint density at radius 3 is 2.78 bits per heavy atom. The van der Waals surface area contributed by atoms with Crippen molar-refractivity contribution in [1.82, 2.24) is 9.55 Å². The summed E-state index contributed by atoms with van der Waals surface area (Å²) in [6.45, 7) is 3.98. The maximum absolute atomic E-state index is 11.4. The van der Waals surface area contributed by atoms with E-state index in [2.05, 4.69) is 4.98 Å². The zero-order valence-electron chi connectivity index (χ0n) is 10.6. The Morgan fingerprint density at radius 1 is 1.39 bits per heavy atom. The Balaban J connectivity index is 2.45. The molecule has 0 saturated heterocycles. The number of aryl methyl sites for hydroxylation is 1. The molecule has 0 bridgehead atoms. The quantitative estimate of drug-likeness (QED) is 0.708. The van der Waals surface area contributed by atoms with Crippen molar-refractivity contribution in [3.8, 4) is 0 Å². The molecule has 0 saturated carbocycles. The lowest BCUT2D eigenvalue weighted by Gasteiger charge is -2.07. The Kier molecular flexibility index (Phi) is 6.00. The molecule has 1 atom stereocenters. The molecule has 1 aromatic heterocycles. The van der Waals surface area contributed by atoms with E-state index >= 15 is 0 Å². The summed E-state index contributed by atoms with van der Waals surface area (Å²) < 4.78 is 17.9. The van der Waals surface area contributed by atoms with Crippen LogP contribution in [0.25, 0.3) is 0 Å². The first-order valence-electron chi connectivity index (χ1n) is 5.77. The molecule has 1 rings (SSSR count). The summed E-state index contributed by atoms with van der Waals surface area (Å²) in [5.41, 5.74) is -0.437. The fourth-order valence-electron chi connectivity index (χ4n) is 1.36. The van der Waals surface area contributed by atoms with Gasteiger partial charge in [-0.25, -0.2) is 4.79 Å². The normalized spacial score (nSPS) is 12.6. The van der Waals surface area contributed by atoms with Crippen molar-refractivity contribution in [3.63, 3.8) is 0 Å². The fraction of sp³-hybridized carbons (Fsp3) is 0.636. The minimum Gasteiger partial charge on any atom is -0.360 e. The number of hydrogen-bond donors (Lipinski definition) is 1. The molecule has 7 heteroatoms. The molecule has 1 heterocycles. The first kappa shape index (κ1) is 14.8. The summed E-state index contributed by atoms with van der Waals surface area (Å²) in [6, 6.07) is 0. The number of aromatic amines is 1. The Hall–Kier alpha value is -1.21. The van der Waals surface area contributed by atoms with Crippen LogP contribution >= 0.6 is 0 Å². The number of nitrogens with one attached hydrogen (secondary N) is 1. The van der Waals surface area contributed by atoms with E-state index in [9.17, 15) is 13.8 Å². The van der Waals surface area contributed by atoms with Gasteiger partial charge in [0.1, 0.15) is 6.73 Å². The van der Waals surface area contributed by atoms with Crippen LogP contribution in [0.3, 0.4) is 0 Å². The minimum atomic E-state index is -0.862. The average Bonchev–Trinajstić information content (AvgIpc) is 2.31. The van der Waals surface area contributed by atoms with Gasteiger partial charge in [-0.05, 0) is 13.3 Å². The van der Waals surface area contributed by atoms with Gasteiger partial charge in [-0.1, -0.05) is 6.92 Å². The highest BCUT2D eigenvalue weighted by Crippen LogP contribution is 1.90. The highest BCUT2D eigenvalue weighted by atomic mass is 32.2. The number of nitrogens with zero attached hydrogens (tertiary/aromatic N) is 1. The monoisotopic (exact) mass is 274 g/mol. The minimum absolute atomic E-state index is 0.0553. The largest absolute Gasteiger partial charge is 0.360 e. The van der Waals surface area contributed by atoms with Gasteiger partial charge in [0.2, 0.25) is 0 Å². The van der Waals surface area contributed by atoms with Crippen LogP contribution in [-0.2, 0) is 22.3 Å². The van der Waals surface area contributed by atoms with Crippen molar-refractivity contribution < 1.29 is 8.95 Å². The van der Waals surface area contributed by atoms with Crippen LogP contribution in [-0.4, -0.2) is 31.9 Å². The predicted molar refractivity (Wildman–Crippen MR) is 70.2 cm³/mol. The second kappa shape index (κ2) is 7.27. The van der Waals surface area contributed by atoms with Crippen molar-refractivity contribution in [2.75, 3.05) is 18.1 Å². The number of rotatable bonds is 7. The van der Waals surface area contributed by atoms with Crippen molar-refractivity contribution >= 4 is 10.8 Å². The maximum Gasteiger partial charge on any atom is 0.330 e. The van der Waals surface area contributed by atoms with Crippen LogP contribution in [0.2, 0.25) is 0 Å². The molecule has 1 N–H and O–H groups in total. The van der Waals surface area contributed by atoms with Gasteiger partial charge in [0.25, 0.3) is 5.56 Å². The summed E-state index contributed by atoms with van der Waals surface area (Å²) >= 11 is 0. The molecule has 0 aliphatic rings. The zero-order valence-corrected chi connectivity index (χ0v) is 11.4. The lowest BCUT2D eigenvalue weighted by atomic mass is 10.4. The Bertz CT molecular complexity index is 521. The van der Waals surface area contributed by atoms with Gasteiger partial charge >= 0.3 is 5.69 Å². The Morgan fingerprint density at radius 2 is 2.11 bits per heavy atom. The molecule has 0 amide bonds. The van der Waals surface area contributed by atoms with Gasteiger partial charge in [-0.2, -0.15) is 0 Å². The SMILES string of the molecule is CCCS(=O)CCOCn1cc(C)c(=O)[nH]c1=O. The summed E-state index contributed by atoms with van der Waals surface area (Å²) in [6.07, 6.45) is 2.33. The van der Waals surface area contributed by atoms with Gasteiger partial charge in [-0.3, -0.25) is 18.6 Å². The molecule has 1 aromatic rings. The third kappa shape index (κ3) is 4.58. The highest BCUT2D eigenvalue weighted by molar-refractivity contribution is 7.84. The van der Waals surface area contributed by atoms with Gasteiger partial charge in [0.15, 0.2) is 0 Å². The van der Waals surface area contributed by atoms with E-state index in [4.69, 9.17) is 4.74 Å². The van der Waals surface area contributed by atoms with Crippen LogP contribution in [0.4, 0.5) is 0 Å². The summed E-state index contributed by atoms with van der Waals surface area (Å²) in [7, 11) is -0.862. The molecule has 0 spiro atoms. The fourth-order valence-corrected chi connectivity index (χ4v) is 2.32. The van der Waals surface area contributed by atoms with Crippen LogP contribution < -0.4 is 11.2 Å². The smallest absolute Gasteiger partial charge is 0.330 e. The second-order valence-electron chi connectivity index (χ2n) is 3.93. The Labute approximate surface area is 107 Å². The van der Waals surface area contributed by atoms with E-state index in [0.29, 0.717) is 23.7 Å². The molecule has 0 aliphatic heterocycles. The van der Waals surface area contributed by atoms with Crippen molar-refractivity contribution in [2.45, 2.75) is 27.0 Å². The lowest BCUT2D eigenvalue weighted by molar-refractivity contribution is 0.0858. The average molecular weight is 274 g/mol. The summed E-state index contributed by atoms with van der Waals surface area (Å²) in [4.78, 5) is 24.7. The van der Waals surface area contributed by atoms with Gasteiger partial charge in [0.05, 0.1) is 6.61 Å². The predicted octanol–water partition coefficient (Wildman–Crippen LogP) is -0.0222. The molecular formula is C11H18N2O4S. The van der Waals surface area contributed by atoms with Crippen LogP contribution in [0.1, 0.15) is 18.9 Å². The molecule has 0 radical (unpaired) electrons. The van der Waals surface area contributed by atoms with Crippen molar-refractivity contribution in [1.29, 1.82) is 0 Å². The molecule has 0 aliphatic carbocycles. The third-order valence-electron chi connectivity index (χ3n) is 2.31. The first-order chi connectivity index (χ1) is 8.54. The number of ether oxygens (including phenoxy) is 1. The first-order valence-corrected chi connectivity index (χ1v) is 7.26. The molecule has 6 nitrogen and oxygen atoms in total. The van der Waals surface area contributed by atoms with Crippen LogP contribution in [0, 0.1) is 6.92 Å². The van der Waals surface area contributed by atoms with Crippen LogP contribution in [0.15, 0.2) is 15.8 Å². The van der Waals surface area contributed by atoms with Gasteiger partial charge in [0, 0.05) is 34.1 Å². The number of H-pyrrole nitrogens is 1. The van der Waals surface area contributed by atoms with E-state index in [1.54, 1.807) is 6.92 Å². The lowest BCUT2D eigenvalue weighted by Crippen LogP contribution is -2.31. The number of hydrogen-bond acceptors (Lipinski definition) is 4. The standard InChI is InChI=1S/C11H18N2O4S/c1-3-5-18(16)6-4-17-8-13-7-9(2)10(14)12-11(13)15/h7H,3-6,8H2,1-2H3,(H,12,14,15). The molecule has 1 unspecified atom stereocenters. The molecule has 102 valence electrons. The van der Waals surface area contributed by atoms with Crippen molar-refractivity contribution in [3.05, 3.63) is 32.6 Å². The summed E-state index contributed by atoms with van der Waals surface area (Å²) in [5.74, 6) is 1.13. The summed E-state index contributed by atoms with van der Waals surface area (Å²) in [5, 5.41) is 0. The van der Waals surface area contributed by atoms with Crippen molar-refractivity contribution in [2.24, 2.45) is 0 Å². The molecule has 18 heavy (non-hydrogen) atoms. The third-order valence-corrected chi connectivity index (χ3v) is 3.79. The zero-order chi connectivity index (χ0) is 13.5. The number of aromatic nitrogens is 2. The van der Waals surface area contributed by atoms with Gasteiger partial charge in [-0.15, -0.1) is 0 Å². The van der Waals surface area contributed by atoms with E-state index in [1.165, 1.54) is 10.8 Å². The van der Waals surface area contributed by atoms with Crippen LogP contribution in [0.5, 0.6) is 0 Å². The van der Waals surface area contributed by atoms with Gasteiger partial charge < -0.3 is 4.74 Å². The van der Waals surface area contributed by atoms with E-state index in [-0.39, 0.29) is 12.3 Å². The van der Waals surface area contributed by atoms with E-state index in [0.717, 1.165) is 6.42 Å². The molecular weight excluding hydrogens is 256 g/mol. The maximum atomic E-state index is 11.4. The highest BCUT2D eigenvalue weighted by Gasteiger charge is 2.01. The second-order valence-corrected chi connectivity index (χ2v) is 5.62. The topological polar surface area (TPSA) is 81.2 Å². The molecule has 0 aromatic carbocycles. The van der Waals surface area contributed by atoms with E-state index in [1.807, 2.05) is 6.92 Å². The van der Waals surface area contributed by atoms with E-state index < -0.39 is 16.5 Å². The molecule has 0 fully saturated rings.